The molecule has 26 heavy (non-hydrogen) atoms. The van der Waals surface area contributed by atoms with Gasteiger partial charge in [0, 0.05) is 25.2 Å². The highest BCUT2D eigenvalue weighted by molar-refractivity contribution is 5.94. The van der Waals surface area contributed by atoms with E-state index >= 15 is 0 Å². The highest BCUT2D eigenvalue weighted by Crippen LogP contribution is 2.17. The molecule has 3 rings (SSSR count). The highest BCUT2D eigenvalue weighted by Gasteiger charge is 2.24. The van der Waals surface area contributed by atoms with Gasteiger partial charge in [-0.05, 0) is 48.6 Å². The van der Waals surface area contributed by atoms with Gasteiger partial charge >= 0.3 is 0 Å². The van der Waals surface area contributed by atoms with E-state index in [1.807, 2.05) is 35.2 Å². The van der Waals surface area contributed by atoms with Crippen molar-refractivity contribution in [2.45, 2.75) is 19.3 Å². The number of amides is 2. The van der Waals surface area contributed by atoms with Crippen LogP contribution in [0.25, 0.3) is 0 Å². The first-order valence-electron chi connectivity index (χ1n) is 9.01. The Kier molecular flexibility index (Phi) is 5.89. The average Bonchev–Trinajstić information content (AvgIpc) is 2.67. The first kappa shape index (κ1) is 18.0. The summed E-state index contributed by atoms with van der Waals surface area (Å²) in [7, 11) is 0. The molecule has 2 amide bonds. The van der Waals surface area contributed by atoms with Gasteiger partial charge in [-0.15, -0.1) is 0 Å². The number of carbonyl (C=O) groups excluding carboxylic acids is 2. The van der Waals surface area contributed by atoms with Gasteiger partial charge in [0.25, 0.3) is 5.91 Å². The molecule has 1 saturated heterocycles. The number of rotatable bonds is 5. The Balaban J connectivity index is 1.49. The van der Waals surface area contributed by atoms with E-state index in [0.29, 0.717) is 25.1 Å². The van der Waals surface area contributed by atoms with Gasteiger partial charge in [-0.3, -0.25) is 9.59 Å². The monoisotopic (exact) mass is 352 g/mol. The minimum atomic E-state index is -0.155. The molecule has 0 spiro atoms. The second-order valence-corrected chi connectivity index (χ2v) is 6.77. The lowest BCUT2D eigenvalue weighted by molar-refractivity contribution is -0.132. The van der Waals surface area contributed by atoms with E-state index in [1.54, 1.807) is 12.1 Å². The van der Waals surface area contributed by atoms with E-state index in [9.17, 15) is 14.7 Å². The third-order valence-electron chi connectivity index (χ3n) is 4.75. The maximum Gasteiger partial charge on any atom is 0.251 e. The van der Waals surface area contributed by atoms with Gasteiger partial charge in [0.15, 0.2) is 0 Å². The minimum absolute atomic E-state index is 0.140. The maximum atomic E-state index is 12.5. The molecule has 1 fully saturated rings. The van der Waals surface area contributed by atoms with Crippen molar-refractivity contribution >= 4 is 11.8 Å². The predicted octanol–water partition coefficient (Wildman–Crippen LogP) is 2.60. The second-order valence-electron chi connectivity index (χ2n) is 6.77. The number of aromatic hydroxyl groups is 1. The molecular weight excluding hydrogens is 328 g/mol. The Hall–Kier alpha value is -2.82. The highest BCUT2D eigenvalue weighted by atomic mass is 16.3. The fourth-order valence-corrected chi connectivity index (χ4v) is 3.29. The minimum Gasteiger partial charge on any atom is -0.508 e. The third kappa shape index (κ3) is 4.85. The zero-order valence-corrected chi connectivity index (χ0v) is 14.7. The van der Waals surface area contributed by atoms with Crippen molar-refractivity contribution in [2.24, 2.45) is 5.92 Å². The number of hydrogen-bond acceptors (Lipinski definition) is 3. The smallest absolute Gasteiger partial charge is 0.251 e. The lowest BCUT2D eigenvalue weighted by Crippen LogP contribution is -2.44. The molecular formula is C21H24N2O3. The Morgan fingerprint density at radius 2 is 1.81 bits per heavy atom. The van der Waals surface area contributed by atoms with Crippen LogP contribution in [0.2, 0.25) is 0 Å². The van der Waals surface area contributed by atoms with E-state index in [0.717, 1.165) is 24.9 Å². The number of phenols is 1. The summed E-state index contributed by atoms with van der Waals surface area (Å²) in [5, 5.41) is 12.2. The van der Waals surface area contributed by atoms with Crippen LogP contribution in [-0.2, 0) is 11.2 Å². The first-order chi connectivity index (χ1) is 12.6. The number of likely N-dealkylation sites (tertiary alicyclic amines) is 1. The number of phenolic OH excluding ortho intramolecular Hbond substituents is 1. The molecule has 0 radical (unpaired) electrons. The van der Waals surface area contributed by atoms with Crippen molar-refractivity contribution in [3.05, 3.63) is 65.7 Å². The molecule has 0 saturated carbocycles. The predicted molar refractivity (Wildman–Crippen MR) is 99.9 cm³/mol. The lowest BCUT2D eigenvalue weighted by Gasteiger charge is -2.33. The van der Waals surface area contributed by atoms with E-state index in [1.165, 1.54) is 12.1 Å². The van der Waals surface area contributed by atoms with Gasteiger partial charge in [-0.1, -0.05) is 30.3 Å². The van der Waals surface area contributed by atoms with Crippen LogP contribution in [0.15, 0.2) is 54.6 Å². The molecule has 1 heterocycles. The summed E-state index contributed by atoms with van der Waals surface area (Å²) < 4.78 is 0. The molecule has 1 aliphatic heterocycles. The van der Waals surface area contributed by atoms with Gasteiger partial charge in [0.05, 0.1) is 6.42 Å². The van der Waals surface area contributed by atoms with Crippen LogP contribution >= 0.6 is 0 Å². The number of carbonyl (C=O) groups is 2. The van der Waals surface area contributed by atoms with E-state index in [2.05, 4.69) is 5.32 Å². The van der Waals surface area contributed by atoms with Crippen LogP contribution in [0, 0.1) is 5.92 Å². The van der Waals surface area contributed by atoms with Crippen LogP contribution in [0.1, 0.15) is 28.8 Å². The maximum absolute atomic E-state index is 12.5. The average molecular weight is 352 g/mol. The zero-order chi connectivity index (χ0) is 18.4. The molecule has 0 aromatic heterocycles. The molecule has 1 unspecified atom stereocenters. The Morgan fingerprint density at radius 3 is 2.54 bits per heavy atom. The summed E-state index contributed by atoms with van der Waals surface area (Å²) in [6.07, 6.45) is 2.39. The fraction of sp³-hybridized carbons (Fsp3) is 0.333. The van der Waals surface area contributed by atoms with Crippen molar-refractivity contribution in [1.29, 1.82) is 0 Å². The molecule has 2 N–H and O–H groups in total. The Morgan fingerprint density at radius 1 is 1.08 bits per heavy atom. The van der Waals surface area contributed by atoms with Crippen molar-refractivity contribution in [3.63, 3.8) is 0 Å². The topological polar surface area (TPSA) is 69.6 Å². The lowest BCUT2D eigenvalue weighted by atomic mass is 9.97. The number of nitrogens with one attached hydrogen (secondary N) is 1. The first-order valence-corrected chi connectivity index (χ1v) is 9.01. The SMILES string of the molecule is O=C(NCC1CCCN(C(=O)Cc2ccccc2)C1)c1ccc(O)cc1. The summed E-state index contributed by atoms with van der Waals surface area (Å²) in [5.74, 6) is 0.398. The standard InChI is InChI=1S/C21H24N2O3/c24-19-10-8-18(9-11-19)21(26)22-14-17-7-4-12-23(15-17)20(25)13-16-5-2-1-3-6-16/h1-3,5-6,8-11,17,24H,4,7,12-15H2,(H,22,26). The summed E-state index contributed by atoms with van der Waals surface area (Å²) in [4.78, 5) is 26.6. The molecule has 0 aliphatic carbocycles. The van der Waals surface area contributed by atoms with Crippen LogP contribution in [0.3, 0.4) is 0 Å². The fourth-order valence-electron chi connectivity index (χ4n) is 3.29. The molecule has 5 nitrogen and oxygen atoms in total. The third-order valence-corrected chi connectivity index (χ3v) is 4.75. The van der Waals surface area contributed by atoms with Crippen LogP contribution in [-0.4, -0.2) is 41.5 Å². The van der Waals surface area contributed by atoms with E-state index < -0.39 is 0 Å². The van der Waals surface area contributed by atoms with Crippen molar-refractivity contribution in [1.82, 2.24) is 10.2 Å². The summed E-state index contributed by atoms with van der Waals surface area (Å²) in [6.45, 7) is 2.02. The molecule has 5 heteroatoms. The summed E-state index contributed by atoms with van der Waals surface area (Å²) in [5.41, 5.74) is 1.55. The van der Waals surface area contributed by atoms with Gasteiger partial charge in [0.1, 0.15) is 5.75 Å². The van der Waals surface area contributed by atoms with Crippen LogP contribution < -0.4 is 5.32 Å². The normalized spacial score (nSPS) is 16.9. The number of nitrogens with zero attached hydrogens (tertiary/aromatic N) is 1. The van der Waals surface area contributed by atoms with Gasteiger partial charge in [-0.25, -0.2) is 0 Å². The zero-order valence-electron chi connectivity index (χ0n) is 14.7. The van der Waals surface area contributed by atoms with Gasteiger partial charge in [0.2, 0.25) is 5.91 Å². The van der Waals surface area contributed by atoms with Gasteiger partial charge < -0.3 is 15.3 Å². The Bertz CT molecular complexity index is 744. The summed E-state index contributed by atoms with van der Waals surface area (Å²) >= 11 is 0. The van der Waals surface area contributed by atoms with Crippen molar-refractivity contribution < 1.29 is 14.7 Å². The summed E-state index contributed by atoms with van der Waals surface area (Å²) in [6, 6.07) is 16.0. The molecule has 136 valence electrons. The molecule has 1 aliphatic rings. The largest absolute Gasteiger partial charge is 0.508 e. The van der Waals surface area contributed by atoms with Gasteiger partial charge in [-0.2, -0.15) is 0 Å². The van der Waals surface area contributed by atoms with Crippen molar-refractivity contribution in [2.75, 3.05) is 19.6 Å². The molecule has 2 aromatic rings. The number of hydrogen-bond donors (Lipinski definition) is 2. The number of benzene rings is 2. The molecule has 0 bridgehead atoms. The second kappa shape index (κ2) is 8.52. The van der Waals surface area contributed by atoms with Crippen LogP contribution in [0.4, 0.5) is 0 Å². The Labute approximate surface area is 153 Å². The number of piperidine rings is 1. The van der Waals surface area contributed by atoms with E-state index in [-0.39, 0.29) is 23.5 Å². The van der Waals surface area contributed by atoms with Crippen molar-refractivity contribution in [3.8, 4) is 5.75 Å². The quantitative estimate of drug-likeness (QED) is 0.869. The van der Waals surface area contributed by atoms with E-state index in [4.69, 9.17) is 0 Å². The molecule has 1 atom stereocenters. The molecule has 2 aromatic carbocycles. The van der Waals surface area contributed by atoms with Crippen LogP contribution in [0.5, 0.6) is 5.75 Å².